The summed E-state index contributed by atoms with van der Waals surface area (Å²) in [5.74, 6) is 1.15. The van der Waals surface area contributed by atoms with Crippen LogP contribution in [-0.2, 0) is 6.54 Å². The third kappa shape index (κ3) is 4.18. The highest BCUT2D eigenvalue weighted by Crippen LogP contribution is 2.14. The zero-order valence-corrected chi connectivity index (χ0v) is 10.2. The van der Waals surface area contributed by atoms with E-state index < -0.39 is 0 Å². The fourth-order valence-electron chi connectivity index (χ4n) is 1.58. The van der Waals surface area contributed by atoms with Gasteiger partial charge in [-0.1, -0.05) is 38.2 Å². The fourth-order valence-corrected chi connectivity index (χ4v) is 1.58. The first-order valence-corrected chi connectivity index (χ1v) is 6.06. The molecular weight excluding hydrogens is 204 g/mol. The summed E-state index contributed by atoms with van der Waals surface area (Å²) >= 11 is 0. The molecule has 1 unspecified atom stereocenters. The quantitative estimate of drug-likeness (QED) is 0.710. The molecule has 0 saturated carbocycles. The number of hydrogen-bond acceptors (Lipinski definition) is 5. The van der Waals surface area contributed by atoms with Gasteiger partial charge in [-0.3, -0.25) is 0 Å². The summed E-state index contributed by atoms with van der Waals surface area (Å²) in [6, 6.07) is 0.482. The second-order valence-corrected chi connectivity index (χ2v) is 4.00. The lowest BCUT2D eigenvalue weighted by molar-refractivity contribution is 0.458. The lowest BCUT2D eigenvalue weighted by Gasteiger charge is -2.13. The van der Waals surface area contributed by atoms with Crippen LogP contribution in [-0.4, -0.2) is 16.7 Å². The first kappa shape index (κ1) is 13.0. The minimum Gasteiger partial charge on any atom is -0.407 e. The van der Waals surface area contributed by atoms with Crippen LogP contribution in [0.4, 0.5) is 6.01 Å². The van der Waals surface area contributed by atoms with Gasteiger partial charge in [0, 0.05) is 6.54 Å². The molecule has 0 aliphatic rings. The molecule has 1 atom stereocenters. The van der Waals surface area contributed by atoms with E-state index in [1.807, 2.05) is 0 Å². The van der Waals surface area contributed by atoms with Gasteiger partial charge in [0.25, 0.3) is 0 Å². The number of aromatic nitrogens is 2. The lowest BCUT2D eigenvalue weighted by Crippen LogP contribution is -2.13. The summed E-state index contributed by atoms with van der Waals surface area (Å²) in [4.78, 5) is 0. The average Bonchev–Trinajstić information content (AvgIpc) is 2.77. The maximum Gasteiger partial charge on any atom is 0.315 e. The Morgan fingerprint density at radius 2 is 2.19 bits per heavy atom. The van der Waals surface area contributed by atoms with Crippen LogP contribution in [0.5, 0.6) is 0 Å². The van der Waals surface area contributed by atoms with Gasteiger partial charge in [0.1, 0.15) is 0 Å². The molecule has 1 aromatic rings. The minimum atomic E-state index is 0.293. The highest BCUT2D eigenvalue weighted by molar-refractivity contribution is 5.16. The van der Waals surface area contributed by atoms with Crippen molar-refractivity contribution < 1.29 is 4.42 Å². The number of anilines is 1. The van der Waals surface area contributed by atoms with Crippen LogP contribution in [0.2, 0.25) is 0 Å². The second-order valence-electron chi connectivity index (χ2n) is 4.00. The number of nitrogens with one attached hydrogen (secondary N) is 1. The Balaban J connectivity index is 2.31. The molecule has 0 saturated heterocycles. The van der Waals surface area contributed by atoms with Crippen LogP contribution < -0.4 is 11.1 Å². The van der Waals surface area contributed by atoms with E-state index in [-0.39, 0.29) is 0 Å². The van der Waals surface area contributed by atoms with Crippen LogP contribution in [0.3, 0.4) is 0 Å². The number of hydrogen-bond donors (Lipinski definition) is 2. The molecule has 0 fully saturated rings. The van der Waals surface area contributed by atoms with Crippen molar-refractivity contribution in [3.05, 3.63) is 5.89 Å². The van der Waals surface area contributed by atoms with Gasteiger partial charge in [-0.05, 0) is 12.3 Å². The van der Waals surface area contributed by atoms with E-state index in [1.54, 1.807) is 0 Å². The van der Waals surface area contributed by atoms with Crippen LogP contribution in [0.25, 0.3) is 0 Å². The molecule has 3 N–H and O–H groups in total. The van der Waals surface area contributed by atoms with E-state index in [4.69, 9.17) is 10.2 Å². The van der Waals surface area contributed by atoms with Gasteiger partial charge in [-0.25, -0.2) is 0 Å². The van der Waals surface area contributed by atoms with E-state index in [0.29, 0.717) is 24.4 Å². The molecule has 0 bridgehead atoms. The van der Waals surface area contributed by atoms with Crippen LogP contribution in [0.1, 0.15) is 45.4 Å². The zero-order valence-electron chi connectivity index (χ0n) is 10.2. The van der Waals surface area contributed by atoms with E-state index >= 15 is 0 Å². The summed E-state index contributed by atoms with van der Waals surface area (Å²) in [7, 11) is 0. The van der Waals surface area contributed by atoms with Gasteiger partial charge in [0.15, 0.2) is 0 Å². The smallest absolute Gasteiger partial charge is 0.315 e. The molecule has 0 aromatic carbocycles. The second kappa shape index (κ2) is 7.22. The van der Waals surface area contributed by atoms with E-state index in [0.717, 1.165) is 6.54 Å². The molecule has 0 radical (unpaired) electrons. The molecule has 1 rings (SSSR count). The molecule has 0 amide bonds. The van der Waals surface area contributed by atoms with E-state index in [9.17, 15) is 0 Å². The van der Waals surface area contributed by atoms with Gasteiger partial charge in [-0.2, -0.15) is 0 Å². The van der Waals surface area contributed by atoms with E-state index in [1.165, 1.54) is 25.7 Å². The molecule has 1 heterocycles. The Bertz CT molecular complexity index is 287. The summed E-state index contributed by atoms with van der Waals surface area (Å²) < 4.78 is 5.27. The topological polar surface area (TPSA) is 77.0 Å². The third-order valence-corrected chi connectivity index (χ3v) is 2.73. The molecule has 5 heteroatoms. The van der Waals surface area contributed by atoms with Crippen molar-refractivity contribution in [1.82, 2.24) is 10.2 Å². The van der Waals surface area contributed by atoms with Gasteiger partial charge in [-0.15, -0.1) is 5.10 Å². The monoisotopic (exact) mass is 226 g/mol. The predicted molar refractivity (Wildman–Crippen MR) is 64.0 cm³/mol. The average molecular weight is 226 g/mol. The summed E-state index contributed by atoms with van der Waals surface area (Å²) in [5.41, 5.74) is 5.39. The van der Waals surface area contributed by atoms with Crippen molar-refractivity contribution in [3.8, 4) is 0 Å². The first-order valence-electron chi connectivity index (χ1n) is 6.06. The number of nitrogens with zero attached hydrogens (tertiary/aromatic N) is 2. The van der Waals surface area contributed by atoms with Crippen molar-refractivity contribution in [2.45, 2.75) is 46.1 Å². The van der Waals surface area contributed by atoms with Gasteiger partial charge >= 0.3 is 6.01 Å². The largest absolute Gasteiger partial charge is 0.407 e. The Kier molecular flexibility index (Phi) is 5.85. The van der Waals surface area contributed by atoms with Crippen LogP contribution in [0, 0.1) is 5.92 Å². The van der Waals surface area contributed by atoms with Crippen molar-refractivity contribution in [2.75, 3.05) is 11.9 Å². The Morgan fingerprint density at radius 1 is 1.38 bits per heavy atom. The Labute approximate surface area is 96.8 Å². The first-order chi connectivity index (χ1) is 7.80. The SMILES string of the molecule is CCCCC(CC)CNc1nnc(CN)o1. The zero-order chi connectivity index (χ0) is 11.8. The predicted octanol–water partition coefficient (Wildman–Crippen LogP) is 2.16. The van der Waals surface area contributed by atoms with Crippen molar-refractivity contribution in [2.24, 2.45) is 11.7 Å². The molecule has 16 heavy (non-hydrogen) atoms. The minimum absolute atomic E-state index is 0.293. The van der Waals surface area contributed by atoms with Gasteiger partial charge in [0.05, 0.1) is 6.54 Å². The van der Waals surface area contributed by atoms with Crippen molar-refractivity contribution >= 4 is 6.01 Å². The molecule has 0 aliphatic carbocycles. The molecular formula is C11H22N4O. The summed E-state index contributed by atoms with van der Waals surface area (Å²) in [6.07, 6.45) is 4.94. The highest BCUT2D eigenvalue weighted by Gasteiger charge is 2.08. The van der Waals surface area contributed by atoms with Crippen LogP contribution in [0.15, 0.2) is 4.42 Å². The van der Waals surface area contributed by atoms with Crippen molar-refractivity contribution in [3.63, 3.8) is 0 Å². The van der Waals surface area contributed by atoms with E-state index in [2.05, 4.69) is 29.4 Å². The number of rotatable bonds is 8. The lowest BCUT2D eigenvalue weighted by atomic mass is 10.00. The maximum atomic E-state index is 5.39. The molecule has 5 nitrogen and oxygen atoms in total. The number of nitrogens with two attached hydrogens (primary N) is 1. The highest BCUT2D eigenvalue weighted by atomic mass is 16.4. The van der Waals surface area contributed by atoms with Gasteiger partial charge in [0.2, 0.25) is 5.89 Å². The summed E-state index contributed by atoms with van der Waals surface area (Å²) in [5, 5.41) is 10.8. The molecule has 1 aromatic heterocycles. The number of unbranched alkanes of at least 4 members (excludes halogenated alkanes) is 1. The van der Waals surface area contributed by atoms with Crippen molar-refractivity contribution in [1.29, 1.82) is 0 Å². The Morgan fingerprint density at radius 3 is 2.75 bits per heavy atom. The Hall–Kier alpha value is -1.10. The molecule has 92 valence electrons. The van der Waals surface area contributed by atoms with Gasteiger partial charge < -0.3 is 15.5 Å². The van der Waals surface area contributed by atoms with Crippen LogP contribution >= 0.6 is 0 Å². The molecule has 0 spiro atoms. The fraction of sp³-hybridized carbons (Fsp3) is 0.818. The third-order valence-electron chi connectivity index (χ3n) is 2.73. The summed E-state index contributed by atoms with van der Waals surface area (Å²) in [6.45, 7) is 5.61. The normalized spacial score (nSPS) is 12.7. The standard InChI is InChI=1S/C11H22N4O/c1-3-5-6-9(4-2)8-13-11-15-14-10(7-12)16-11/h9H,3-8,12H2,1-2H3,(H,13,15). The molecule has 0 aliphatic heterocycles. The maximum absolute atomic E-state index is 5.39.